The second-order valence-corrected chi connectivity index (χ2v) is 6.60. The average Bonchev–Trinajstić information content (AvgIpc) is 2.56. The Morgan fingerprint density at radius 1 is 1.23 bits per heavy atom. The SMILES string of the molecule is O=C(N[C@H]1CCOC2(CCCCC2)C1)[C@@H](O)c1ccccc1. The lowest BCUT2D eigenvalue weighted by Gasteiger charge is -2.43. The Kier molecular flexibility index (Phi) is 4.79. The Balaban J connectivity index is 1.59. The minimum absolute atomic E-state index is 0.0356. The van der Waals surface area contributed by atoms with Gasteiger partial charge in [0.25, 0.3) is 5.91 Å². The molecule has 1 spiro atoms. The summed E-state index contributed by atoms with van der Waals surface area (Å²) in [4.78, 5) is 12.3. The van der Waals surface area contributed by atoms with E-state index in [1.807, 2.05) is 18.2 Å². The predicted octanol–water partition coefficient (Wildman–Crippen LogP) is 2.72. The molecule has 1 aromatic carbocycles. The lowest BCUT2D eigenvalue weighted by atomic mass is 9.78. The van der Waals surface area contributed by atoms with E-state index in [4.69, 9.17) is 4.74 Å². The molecule has 4 nitrogen and oxygen atoms in total. The van der Waals surface area contributed by atoms with Gasteiger partial charge in [-0.25, -0.2) is 0 Å². The van der Waals surface area contributed by atoms with Gasteiger partial charge in [0.05, 0.1) is 5.60 Å². The van der Waals surface area contributed by atoms with E-state index in [-0.39, 0.29) is 17.6 Å². The Bertz CT molecular complexity index is 491. The number of nitrogens with one attached hydrogen (secondary N) is 1. The molecule has 1 aromatic rings. The number of benzene rings is 1. The molecule has 4 heteroatoms. The van der Waals surface area contributed by atoms with E-state index in [1.165, 1.54) is 19.3 Å². The van der Waals surface area contributed by atoms with Crippen molar-refractivity contribution in [1.29, 1.82) is 0 Å². The Morgan fingerprint density at radius 3 is 2.68 bits per heavy atom. The molecule has 120 valence electrons. The average molecular weight is 303 g/mol. The normalized spacial score (nSPS) is 25.6. The summed E-state index contributed by atoms with van der Waals surface area (Å²) in [7, 11) is 0. The molecular weight excluding hydrogens is 278 g/mol. The van der Waals surface area contributed by atoms with E-state index >= 15 is 0 Å². The summed E-state index contributed by atoms with van der Waals surface area (Å²) in [5.74, 6) is -0.302. The number of hydrogen-bond acceptors (Lipinski definition) is 3. The van der Waals surface area contributed by atoms with Crippen LogP contribution in [0.25, 0.3) is 0 Å². The van der Waals surface area contributed by atoms with Crippen molar-refractivity contribution < 1.29 is 14.6 Å². The summed E-state index contributed by atoms with van der Waals surface area (Å²) in [6, 6.07) is 9.19. The fourth-order valence-corrected chi connectivity index (χ4v) is 3.76. The zero-order valence-electron chi connectivity index (χ0n) is 13.0. The third kappa shape index (κ3) is 3.50. The van der Waals surface area contributed by atoms with Gasteiger partial charge in [-0.15, -0.1) is 0 Å². The third-order valence-corrected chi connectivity index (χ3v) is 4.97. The molecular formula is C18H25NO3. The van der Waals surface area contributed by atoms with Gasteiger partial charge in [-0.1, -0.05) is 49.6 Å². The van der Waals surface area contributed by atoms with Crippen molar-refractivity contribution in [1.82, 2.24) is 5.32 Å². The van der Waals surface area contributed by atoms with Crippen molar-refractivity contribution in [2.24, 2.45) is 0 Å². The van der Waals surface area contributed by atoms with Crippen LogP contribution in [0.3, 0.4) is 0 Å². The number of rotatable bonds is 3. The minimum Gasteiger partial charge on any atom is -0.378 e. The van der Waals surface area contributed by atoms with Crippen LogP contribution in [0.5, 0.6) is 0 Å². The zero-order valence-corrected chi connectivity index (χ0v) is 13.0. The molecule has 3 rings (SSSR count). The number of carbonyl (C=O) groups excluding carboxylic acids is 1. The van der Waals surface area contributed by atoms with Crippen LogP contribution in [-0.4, -0.2) is 29.3 Å². The van der Waals surface area contributed by atoms with Gasteiger partial charge in [0.15, 0.2) is 6.10 Å². The van der Waals surface area contributed by atoms with Gasteiger partial charge in [-0.3, -0.25) is 4.79 Å². The molecule has 0 unspecified atom stereocenters. The van der Waals surface area contributed by atoms with Crippen molar-refractivity contribution in [3.8, 4) is 0 Å². The molecule has 1 aliphatic carbocycles. The molecule has 2 atom stereocenters. The van der Waals surface area contributed by atoms with Crippen LogP contribution in [0.15, 0.2) is 30.3 Å². The highest BCUT2D eigenvalue weighted by Gasteiger charge is 2.39. The Hall–Kier alpha value is -1.39. The predicted molar refractivity (Wildman–Crippen MR) is 84.3 cm³/mol. The highest BCUT2D eigenvalue weighted by Crippen LogP contribution is 2.38. The van der Waals surface area contributed by atoms with Crippen LogP contribution in [0.2, 0.25) is 0 Å². The van der Waals surface area contributed by atoms with Crippen molar-refractivity contribution in [2.75, 3.05) is 6.61 Å². The highest BCUT2D eigenvalue weighted by atomic mass is 16.5. The van der Waals surface area contributed by atoms with Crippen LogP contribution in [0.4, 0.5) is 0 Å². The van der Waals surface area contributed by atoms with Crippen LogP contribution in [0, 0.1) is 0 Å². The van der Waals surface area contributed by atoms with Crippen LogP contribution >= 0.6 is 0 Å². The first kappa shape index (κ1) is 15.5. The standard InChI is InChI=1S/C18H25NO3/c20-16(14-7-3-1-4-8-14)17(21)19-15-9-12-22-18(13-15)10-5-2-6-11-18/h1,3-4,7-8,15-16,20H,2,5-6,9-13H2,(H,19,21)/t15-,16-/m0/s1. The van der Waals surface area contributed by atoms with Gasteiger partial charge < -0.3 is 15.2 Å². The van der Waals surface area contributed by atoms with Crippen molar-refractivity contribution >= 4 is 5.91 Å². The molecule has 22 heavy (non-hydrogen) atoms. The minimum atomic E-state index is -1.09. The zero-order chi connectivity index (χ0) is 15.4. The number of amides is 1. The second-order valence-electron chi connectivity index (χ2n) is 6.60. The fraction of sp³-hybridized carbons (Fsp3) is 0.611. The fourth-order valence-electron chi connectivity index (χ4n) is 3.76. The summed E-state index contributed by atoms with van der Waals surface area (Å²) in [5.41, 5.74) is 0.603. The largest absolute Gasteiger partial charge is 0.378 e. The number of aliphatic hydroxyl groups is 1. The maximum absolute atomic E-state index is 12.3. The Labute approximate surface area is 131 Å². The molecule has 1 heterocycles. The number of hydrogen-bond donors (Lipinski definition) is 2. The lowest BCUT2D eigenvalue weighted by molar-refractivity contribution is -0.135. The summed E-state index contributed by atoms with van der Waals surface area (Å²) in [5, 5.41) is 13.2. The van der Waals surface area contributed by atoms with Crippen LogP contribution in [0.1, 0.15) is 56.6 Å². The molecule has 1 amide bonds. The smallest absolute Gasteiger partial charge is 0.253 e. The molecule has 1 saturated carbocycles. The first-order chi connectivity index (χ1) is 10.7. The summed E-state index contributed by atoms with van der Waals surface area (Å²) in [6.07, 6.45) is 6.53. The van der Waals surface area contributed by atoms with Gasteiger partial charge in [-0.05, 0) is 31.2 Å². The van der Waals surface area contributed by atoms with E-state index in [1.54, 1.807) is 12.1 Å². The third-order valence-electron chi connectivity index (χ3n) is 4.97. The van der Waals surface area contributed by atoms with Gasteiger partial charge in [0.2, 0.25) is 0 Å². The van der Waals surface area contributed by atoms with Gasteiger partial charge >= 0.3 is 0 Å². The van der Waals surface area contributed by atoms with Crippen molar-refractivity contribution in [3.63, 3.8) is 0 Å². The summed E-state index contributed by atoms with van der Waals surface area (Å²) < 4.78 is 6.05. The maximum Gasteiger partial charge on any atom is 0.253 e. The number of aliphatic hydroxyl groups excluding tert-OH is 1. The molecule has 2 aliphatic rings. The topological polar surface area (TPSA) is 58.6 Å². The van der Waals surface area contributed by atoms with Gasteiger partial charge in [0.1, 0.15) is 0 Å². The highest BCUT2D eigenvalue weighted by molar-refractivity contribution is 5.82. The number of carbonyl (C=O) groups is 1. The first-order valence-electron chi connectivity index (χ1n) is 8.36. The van der Waals surface area contributed by atoms with E-state index < -0.39 is 6.10 Å². The van der Waals surface area contributed by atoms with Gasteiger partial charge in [0, 0.05) is 12.6 Å². The molecule has 2 fully saturated rings. The molecule has 0 radical (unpaired) electrons. The monoisotopic (exact) mass is 303 g/mol. The maximum atomic E-state index is 12.3. The molecule has 1 saturated heterocycles. The first-order valence-corrected chi connectivity index (χ1v) is 8.36. The molecule has 2 N–H and O–H groups in total. The molecule has 0 bridgehead atoms. The molecule has 1 aliphatic heterocycles. The van der Waals surface area contributed by atoms with E-state index in [9.17, 15) is 9.90 Å². The lowest BCUT2D eigenvalue weighted by Crippen LogP contribution is -2.50. The van der Waals surface area contributed by atoms with Crippen molar-refractivity contribution in [2.45, 2.75) is 62.7 Å². The quantitative estimate of drug-likeness (QED) is 0.902. The Morgan fingerprint density at radius 2 is 1.95 bits per heavy atom. The van der Waals surface area contributed by atoms with Gasteiger partial charge in [-0.2, -0.15) is 0 Å². The van der Waals surface area contributed by atoms with Crippen LogP contribution in [-0.2, 0) is 9.53 Å². The summed E-state index contributed by atoms with van der Waals surface area (Å²) in [6.45, 7) is 0.701. The second kappa shape index (κ2) is 6.80. The van der Waals surface area contributed by atoms with E-state index in [0.29, 0.717) is 12.2 Å². The summed E-state index contributed by atoms with van der Waals surface area (Å²) >= 11 is 0. The molecule has 0 aromatic heterocycles. The van der Waals surface area contributed by atoms with E-state index in [0.717, 1.165) is 25.7 Å². The number of ether oxygens (including phenoxy) is 1. The van der Waals surface area contributed by atoms with Crippen molar-refractivity contribution in [3.05, 3.63) is 35.9 Å². The van der Waals surface area contributed by atoms with E-state index in [2.05, 4.69) is 5.32 Å². The van der Waals surface area contributed by atoms with Crippen LogP contribution < -0.4 is 5.32 Å².